The molecule has 0 aromatic heterocycles. The molecule has 0 aromatic carbocycles. The van der Waals surface area contributed by atoms with Crippen molar-refractivity contribution in [3.05, 3.63) is 0 Å². The normalized spacial score (nSPS) is 56.4. The SMILES string of the molecule is O=C1C2CCC1(O)C1CCCC21. The Bertz CT molecular complexity index is 248. The summed E-state index contributed by atoms with van der Waals surface area (Å²) in [6.07, 6.45) is 5.20. The van der Waals surface area contributed by atoms with Crippen LogP contribution in [0.15, 0.2) is 0 Å². The Morgan fingerprint density at radius 2 is 2.17 bits per heavy atom. The summed E-state index contributed by atoms with van der Waals surface area (Å²) in [4.78, 5) is 11.7. The highest BCUT2D eigenvalue weighted by atomic mass is 16.3. The molecule has 2 heteroatoms. The number of Topliss-reactive ketones (excluding diaryl/α,β-unsaturated/α-hetero) is 1. The first-order valence-corrected chi connectivity index (χ1v) is 5.00. The fourth-order valence-corrected chi connectivity index (χ4v) is 3.79. The van der Waals surface area contributed by atoms with Gasteiger partial charge in [-0.25, -0.2) is 0 Å². The molecule has 0 amide bonds. The van der Waals surface area contributed by atoms with Crippen LogP contribution in [-0.2, 0) is 4.79 Å². The molecule has 0 aromatic rings. The molecule has 3 saturated carbocycles. The summed E-state index contributed by atoms with van der Waals surface area (Å²) in [5.41, 5.74) is -0.869. The summed E-state index contributed by atoms with van der Waals surface area (Å²) >= 11 is 0. The van der Waals surface area contributed by atoms with Crippen LogP contribution in [0.25, 0.3) is 0 Å². The Balaban J connectivity index is 2.07. The first-order chi connectivity index (χ1) is 5.73. The first-order valence-electron chi connectivity index (χ1n) is 5.00. The van der Waals surface area contributed by atoms with Crippen LogP contribution < -0.4 is 0 Å². The van der Waals surface area contributed by atoms with Gasteiger partial charge in [0.2, 0.25) is 0 Å². The average Bonchev–Trinajstić information content (AvgIpc) is 2.64. The van der Waals surface area contributed by atoms with E-state index in [9.17, 15) is 9.90 Å². The van der Waals surface area contributed by atoms with Gasteiger partial charge in [-0.2, -0.15) is 0 Å². The average molecular weight is 166 g/mol. The highest BCUT2D eigenvalue weighted by Gasteiger charge is 2.64. The number of fused-ring (bicyclic) bond motifs is 5. The number of rotatable bonds is 0. The summed E-state index contributed by atoms with van der Waals surface area (Å²) in [6, 6.07) is 0. The number of ketones is 1. The molecule has 66 valence electrons. The number of carbonyl (C=O) groups excluding carboxylic acids is 1. The molecule has 4 atom stereocenters. The monoisotopic (exact) mass is 166 g/mol. The molecular weight excluding hydrogens is 152 g/mol. The Hall–Kier alpha value is -0.370. The van der Waals surface area contributed by atoms with Gasteiger partial charge in [0, 0.05) is 5.92 Å². The van der Waals surface area contributed by atoms with E-state index in [1.54, 1.807) is 0 Å². The Kier molecular flexibility index (Phi) is 1.13. The molecule has 0 spiro atoms. The van der Waals surface area contributed by atoms with E-state index in [4.69, 9.17) is 0 Å². The molecule has 1 N–H and O–H groups in total. The molecule has 0 heterocycles. The van der Waals surface area contributed by atoms with E-state index < -0.39 is 5.60 Å². The van der Waals surface area contributed by atoms with Gasteiger partial charge < -0.3 is 5.11 Å². The largest absolute Gasteiger partial charge is 0.382 e. The van der Waals surface area contributed by atoms with E-state index in [1.165, 1.54) is 12.8 Å². The van der Waals surface area contributed by atoms with Gasteiger partial charge in [-0.3, -0.25) is 4.79 Å². The van der Waals surface area contributed by atoms with Crippen molar-refractivity contribution in [2.45, 2.75) is 37.7 Å². The van der Waals surface area contributed by atoms with Crippen LogP contribution in [0.1, 0.15) is 32.1 Å². The van der Waals surface area contributed by atoms with Gasteiger partial charge in [0.15, 0.2) is 5.78 Å². The van der Waals surface area contributed by atoms with Crippen molar-refractivity contribution in [1.82, 2.24) is 0 Å². The third-order valence-electron chi connectivity index (χ3n) is 4.30. The molecule has 3 rings (SSSR count). The van der Waals surface area contributed by atoms with Crippen LogP contribution in [-0.4, -0.2) is 16.5 Å². The summed E-state index contributed by atoms with van der Waals surface area (Å²) in [6.45, 7) is 0. The van der Waals surface area contributed by atoms with E-state index in [0.29, 0.717) is 11.8 Å². The van der Waals surface area contributed by atoms with E-state index >= 15 is 0 Å². The Labute approximate surface area is 72.0 Å². The zero-order valence-corrected chi connectivity index (χ0v) is 7.12. The summed E-state index contributed by atoms with van der Waals surface area (Å²) in [7, 11) is 0. The van der Waals surface area contributed by atoms with Crippen molar-refractivity contribution < 1.29 is 9.90 Å². The van der Waals surface area contributed by atoms with Crippen LogP contribution in [0, 0.1) is 17.8 Å². The van der Waals surface area contributed by atoms with Gasteiger partial charge in [0.25, 0.3) is 0 Å². The van der Waals surface area contributed by atoms with E-state index in [-0.39, 0.29) is 11.7 Å². The van der Waals surface area contributed by atoms with Crippen LogP contribution in [0.3, 0.4) is 0 Å². The molecule has 4 unspecified atom stereocenters. The molecule has 2 nitrogen and oxygen atoms in total. The molecule has 2 bridgehead atoms. The minimum Gasteiger partial charge on any atom is -0.382 e. The third kappa shape index (κ3) is 0.565. The van der Waals surface area contributed by atoms with Crippen LogP contribution in [0.5, 0.6) is 0 Å². The van der Waals surface area contributed by atoms with Gasteiger partial charge in [-0.1, -0.05) is 6.42 Å². The highest BCUT2D eigenvalue weighted by Crippen LogP contribution is 2.58. The second kappa shape index (κ2) is 1.92. The molecule has 3 aliphatic rings. The molecule has 0 radical (unpaired) electrons. The predicted octanol–water partition coefficient (Wildman–Crippen LogP) is 1.13. The van der Waals surface area contributed by atoms with Gasteiger partial charge >= 0.3 is 0 Å². The smallest absolute Gasteiger partial charge is 0.167 e. The zero-order chi connectivity index (χ0) is 8.34. The fourth-order valence-electron chi connectivity index (χ4n) is 3.79. The zero-order valence-electron chi connectivity index (χ0n) is 7.12. The van der Waals surface area contributed by atoms with Crippen molar-refractivity contribution in [1.29, 1.82) is 0 Å². The molecule has 0 aliphatic heterocycles. The summed E-state index contributed by atoms with van der Waals surface area (Å²) in [5, 5.41) is 10.1. The van der Waals surface area contributed by atoms with E-state index in [2.05, 4.69) is 0 Å². The second-order valence-corrected chi connectivity index (χ2v) is 4.63. The number of hydrogen-bond donors (Lipinski definition) is 1. The molecule has 3 fully saturated rings. The van der Waals surface area contributed by atoms with Crippen molar-refractivity contribution in [3.63, 3.8) is 0 Å². The van der Waals surface area contributed by atoms with Crippen molar-refractivity contribution in [3.8, 4) is 0 Å². The third-order valence-corrected chi connectivity index (χ3v) is 4.30. The molecular formula is C10H14O2. The first kappa shape index (κ1) is 7.07. The number of aliphatic hydroxyl groups is 1. The van der Waals surface area contributed by atoms with E-state index in [0.717, 1.165) is 19.3 Å². The molecule has 0 saturated heterocycles. The maximum absolute atomic E-state index is 11.7. The maximum Gasteiger partial charge on any atom is 0.167 e. The fraction of sp³-hybridized carbons (Fsp3) is 0.900. The predicted molar refractivity (Wildman–Crippen MR) is 43.5 cm³/mol. The van der Waals surface area contributed by atoms with Crippen molar-refractivity contribution >= 4 is 5.78 Å². The Morgan fingerprint density at radius 3 is 2.92 bits per heavy atom. The molecule has 12 heavy (non-hydrogen) atoms. The van der Waals surface area contributed by atoms with Crippen molar-refractivity contribution in [2.75, 3.05) is 0 Å². The number of carbonyl (C=O) groups is 1. The van der Waals surface area contributed by atoms with Crippen LogP contribution in [0.2, 0.25) is 0 Å². The summed E-state index contributed by atoms with van der Waals surface area (Å²) in [5.74, 6) is 1.31. The van der Waals surface area contributed by atoms with Gasteiger partial charge in [0.1, 0.15) is 5.60 Å². The molecule has 3 aliphatic carbocycles. The number of hydrogen-bond acceptors (Lipinski definition) is 2. The lowest BCUT2D eigenvalue weighted by atomic mass is 9.79. The Morgan fingerprint density at radius 1 is 1.33 bits per heavy atom. The van der Waals surface area contributed by atoms with Crippen LogP contribution >= 0.6 is 0 Å². The quantitative estimate of drug-likeness (QED) is 0.585. The topological polar surface area (TPSA) is 37.3 Å². The minimum absolute atomic E-state index is 0.178. The van der Waals surface area contributed by atoms with Crippen LogP contribution in [0.4, 0.5) is 0 Å². The van der Waals surface area contributed by atoms with Crippen molar-refractivity contribution in [2.24, 2.45) is 17.8 Å². The lowest BCUT2D eigenvalue weighted by Crippen LogP contribution is -2.38. The van der Waals surface area contributed by atoms with Gasteiger partial charge in [-0.05, 0) is 37.5 Å². The lowest BCUT2D eigenvalue weighted by Gasteiger charge is -2.28. The van der Waals surface area contributed by atoms with E-state index in [1.807, 2.05) is 0 Å². The lowest BCUT2D eigenvalue weighted by molar-refractivity contribution is -0.134. The summed E-state index contributed by atoms with van der Waals surface area (Å²) < 4.78 is 0. The van der Waals surface area contributed by atoms with Gasteiger partial charge in [-0.15, -0.1) is 0 Å². The minimum atomic E-state index is -0.869. The highest BCUT2D eigenvalue weighted by molar-refractivity contribution is 5.94. The standard InChI is InChI=1S/C10H14O2/c11-9-7-4-5-10(9,12)8-3-1-2-6(7)8/h6-8,12H,1-5H2. The second-order valence-electron chi connectivity index (χ2n) is 4.63. The maximum atomic E-state index is 11.7. The van der Waals surface area contributed by atoms with Gasteiger partial charge in [0.05, 0.1) is 0 Å².